The Labute approximate surface area is 109 Å². The molecule has 3 rings (SSSR count). The van der Waals surface area contributed by atoms with E-state index in [4.69, 9.17) is 13.9 Å². The molecule has 4 nitrogen and oxygen atoms in total. The minimum absolute atomic E-state index is 0.270. The maximum absolute atomic E-state index is 5.71. The first-order valence-corrected chi connectivity index (χ1v) is 6.78. The lowest BCUT2D eigenvalue weighted by Gasteiger charge is -2.37. The third kappa shape index (κ3) is 2.57. The summed E-state index contributed by atoms with van der Waals surface area (Å²) >= 11 is 3.32. The SMILES string of the molecule is Brc1cc(CN2CCC3(CC2)OCCO3)co1. The molecule has 94 valence electrons. The summed E-state index contributed by atoms with van der Waals surface area (Å²) in [5.41, 5.74) is 1.21. The molecule has 0 unspecified atom stereocenters. The van der Waals surface area contributed by atoms with Gasteiger partial charge in [0.2, 0.25) is 0 Å². The summed E-state index contributed by atoms with van der Waals surface area (Å²) in [6.45, 7) is 4.46. The van der Waals surface area contributed by atoms with Crippen LogP contribution in [-0.2, 0) is 16.0 Å². The van der Waals surface area contributed by atoms with Gasteiger partial charge in [0.05, 0.1) is 19.5 Å². The van der Waals surface area contributed by atoms with Crippen LogP contribution < -0.4 is 0 Å². The quantitative estimate of drug-likeness (QED) is 0.840. The Morgan fingerprint density at radius 3 is 2.53 bits per heavy atom. The third-order valence-corrected chi connectivity index (χ3v) is 3.88. The first-order valence-electron chi connectivity index (χ1n) is 5.99. The van der Waals surface area contributed by atoms with E-state index in [-0.39, 0.29) is 5.79 Å². The van der Waals surface area contributed by atoms with E-state index in [1.165, 1.54) is 5.56 Å². The van der Waals surface area contributed by atoms with Gasteiger partial charge in [0.1, 0.15) is 0 Å². The molecule has 2 fully saturated rings. The summed E-state index contributed by atoms with van der Waals surface area (Å²) in [6, 6.07) is 2.02. The lowest BCUT2D eigenvalue weighted by molar-refractivity contribution is -0.185. The summed E-state index contributed by atoms with van der Waals surface area (Å²) in [7, 11) is 0. The number of piperidine rings is 1. The normalized spacial score (nSPS) is 24.5. The molecular weight excluding hydrogens is 286 g/mol. The fraction of sp³-hybridized carbons (Fsp3) is 0.667. The smallest absolute Gasteiger partial charge is 0.170 e. The molecule has 0 aromatic carbocycles. The van der Waals surface area contributed by atoms with Crippen molar-refractivity contribution in [1.29, 1.82) is 0 Å². The fourth-order valence-electron chi connectivity index (χ4n) is 2.52. The lowest BCUT2D eigenvalue weighted by atomic mass is 10.0. The first kappa shape index (κ1) is 11.7. The molecule has 0 bridgehead atoms. The van der Waals surface area contributed by atoms with Crippen LogP contribution in [-0.4, -0.2) is 37.0 Å². The molecular formula is C12H16BrNO3. The Kier molecular flexibility index (Phi) is 3.25. The minimum atomic E-state index is -0.270. The molecule has 5 heteroatoms. The number of furan rings is 1. The number of halogens is 1. The van der Waals surface area contributed by atoms with Gasteiger partial charge in [-0.15, -0.1) is 0 Å². The van der Waals surface area contributed by atoms with E-state index in [1.807, 2.05) is 6.07 Å². The molecule has 1 aromatic rings. The van der Waals surface area contributed by atoms with Crippen molar-refractivity contribution in [2.75, 3.05) is 26.3 Å². The molecule has 0 atom stereocenters. The zero-order valence-corrected chi connectivity index (χ0v) is 11.2. The molecule has 17 heavy (non-hydrogen) atoms. The Bertz CT molecular complexity index is 377. The zero-order valence-electron chi connectivity index (χ0n) is 9.65. The van der Waals surface area contributed by atoms with Crippen molar-refractivity contribution in [2.45, 2.75) is 25.2 Å². The number of nitrogens with zero attached hydrogens (tertiary/aromatic N) is 1. The molecule has 0 saturated carbocycles. The first-order chi connectivity index (χ1) is 8.26. The highest BCUT2D eigenvalue weighted by atomic mass is 79.9. The third-order valence-electron chi connectivity index (χ3n) is 3.46. The molecule has 2 aliphatic rings. The summed E-state index contributed by atoms with van der Waals surface area (Å²) in [4.78, 5) is 2.41. The molecule has 1 spiro atoms. The second-order valence-corrected chi connectivity index (χ2v) is 5.42. The second-order valence-electron chi connectivity index (χ2n) is 4.64. The fourth-order valence-corrected chi connectivity index (χ4v) is 2.91. The number of hydrogen-bond donors (Lipinski definition) is 0. The Hall–Kier alpha value is -0.360. The van der Waals surface area contributed by atoms with E-state index in [9.17, 15) is 0 Å². The van der Waals surface area contributed by atoms with E-state index >= 15 is 0 Å². The van der Waals surface area contributed by atoms with Crippen LogP contribution in [0.25, 0.3) is 0 Å². The maximum atomic E-state index is 5.71. The highest BCUT2D eigenvalue weighted by Crippen LogP contribution is 2.31. The number of likely N-dealkylation sites (tertiary alicyclic amines) is 1. The van der Waals surface area contributed by atoms with E-state index in [2.05, 4.69) is 20.8 Å². The number of ether oxygens (including phenoxy) is 2. The van der Waals surface area contributed by atoms with Crippen molar-refractivity contribution in [1.82, 2.24) is 4.90 Å². The van der Waals surface area contributed by atoms with Gasteiger partial charge in [-0.2, -0.15) is 0 Å². The Morgan fingerprint density at radius 1 is 1.24 bits per heavy atom. The highest BCUT2D eigenvalue weighted by molar-refractivity contribution is 9.10. The van der Waals surface area contributed by atoms with Crippen LogP contribution in [0.2, 0.25) is 0 Å². The molecule has 2 aliphatic heterocycles. The number of hydrogen-bond acceptors (Lipinski definition) is 4. The topological polar surface area (TPSA) is 34.8 Å². The van der Waals surface area contributed by atoms with Gasteiger partial charge < -0.3 is 13.9 Å². The average Bonchev–Trinajstić information content (AvgIpc) is 2.93. The molecule has 0 aliphatic carbocycles. The van der Waals surface area contributed by atoms with Crippen molar-refractivity contribution < 1.29 is 13.9 Å². The van der Waals surface area contributed by atoms with Gasteiger partial charge in [0.25, 0.3) is 0 Å². The van der Waals surface area contributed by atoms with E-state index in [0.717, 1.165) is 50.4 Å². The van der Waals surface area contributed by atoms with Crippen molar-refractivity contribution in [3.05, 3.63) is 22.6 Å². The highest BCUT2D eigenvalue weighted by Gasteiger charge is 2.39. The van der Waals surface area contributed by atoms with Crippen molar-refractivity contribution in [2.24, 2.45) is 0 Å². The Balaban J connectivity index is 1.54. The lowest BCUT2D eigenvalue weighted by Crippen LogP contribution is -2.44. The number of rotatable bonds is 2. The molecule has 0 N–H and O–H groups in total. The summed E-state index contributed by atoms with van der Waals surface area (Å²) in [6.07, 6.45) is 3.73. The standard InChI is InChI=1S/C12H16BrNO3/c13-11-7-10(9-15-11)8-14-3-1-12(2-4-14)16-5-6-17-12/h7,9H,1-6,8H2. The van der Waals surface area contributed by atoms with Gasteiger partial charge in [0, 0.05) is 38.0 Å². The van der Waals surface area contributed by atoms with Gasteiger partial charge in [-0.3, -0.25) is 4.90 Å². The molecule has 2 saturated heterocycles. The van der Waals surface area contributed by atoms with Crippen LogP contribution in [0.4, 0.5) is 0 Å². The minimum Gasteiger partial charge on any atom is -0.457 e. The second kappa shape index (κ2) is 4.72. The van der Waals surface area contributed by atoms with Crippen LogP contribution in [0.3, 0.4) is 0 Å². The van der Waals surface area contributed by atoms with E-state index in [0.29, 0.717) is 0 Å². The van der Waals surface area contributed by atoms with Crippen LogP contribution in [0.5, 0.6) is 0 Å². The largest absolute Gasteiger partial charge is 0.457 e. The van der Waals surface area contributed by atoms with Crippen LogP contribution in [0.1, 0.15) is 18.4 Å². The summed E-state index contributed by atoms with van der Waals surface area (Å²) in [5, 5.41) is 0. The molecule has 0 amide bonds. The van der Waals surface area contributed by atoms with E-state index in [1.54, 1.807) is 6.26 Å². The molecule has 1 aromatic heterocycles. The van der Waals surface area contributed by atoms with Crippen LogP contribution >= 0.6 is 15.9 Å². The van der Waals surface area contributed by atoms with Gasteiger partial charge in [-0.25, -0.2) is 0 Å². The average molecular weight is 302 g/mol. The predicted molar refractivity (Wildman–Crippen MR) is 65.6 cm³/mol. The van der Waals surface area contributed by atoms with Gasteiger partial charge in [-0.05, 0) is 22.0 Å². The van der Waals surface area contributed by atoms with Crippen LogP contribution in [0.15, 0.2) is 21.4 Å². The van der Waals surface area contributed by atoms with Crippen molar-refractivity contribution >= 4 is 15.9 Å². The van der Waals surface area contributed by atoms with Gasteiger partial charge >= 0.3 is 0 Å². The zero-order chi connectivity index (χ0) is 11.7. The van der Waals surface area contributed by atoms with Gasteiger partial charge in [0.15, 0.2) is 10.5 Å². The molecule has 0 radical (unpaired) electrons. The summed E-state index contributed by atoms with van der Waals surface area (Å²) in [5.74, 6) is -0.270. The monoisotopic (exact) mass is 301 g/mol. The van der Waals surface area contributed by atoms with Crippen LogP contribution in [0, 0.1) is 0 Å². The van der Waals surface area contributed by atoms with E-state index < -0.39 is 0 Å². The van der Waals surface area contributed by atoms with Crippen molar-refractivity contribution in [3.8, 4) is 0 Å². The Morgan fingerprint density at radius 2 is 1.94 bits per heavy atom. The van der Waals surface area contributed by atoms with Crippen molar-refractivity contribution in [3.63, 3.8) is 0 Å². The van der Waals surface area contributed by atoms with Gasteiger partial charge in [-0.1, -0.05) is 0 Å². The predicted octanol–water partition coefficient (Wildman–Crippen LogP) is 2.38. The maximum Gasteiger partial charge on any atom is 0.170 e. The molecule has 3 heterocycles. The summed E-state index contributed by atoms with van der Waals surface area (Å²) < 4.78 is 17.5.